The van der Waals surface area contributed by atoms with Crippen LogP contribution >= 0.6 is 22.6 Å². The summed E-state index contributed by atoms with van der Waals surface area (Å²) in [7, 11) is 0. The quantitative estimate of drug-likeness (QED) is 0.614. The van der Waals surface area contributed by atoms with Gasteiger partial charge in [-0.25, -0.2) is 4.98 Å². The summed E-state index contributed by atoms with van der Waals surface area (Å²) in [5.41, 5.74) is 0.799. The average Bonchev–Trinajstić information content (AvgIpc) is 2.03. The molecule has 0 radical (unpaired) electrons. The summed E-state index contributed by atoms with van der Waals surface area (Å²) in [5, 5.41) is 0. The van der Waals surface area contributed by atoms with E-state index in [2.05, 4.69) is 4.98 Å². The molecule has 0 spiro atoms. The minimum Gasteiger partial charge on any atom is -0.356 e. The van der Waals surface area contributed by atoms with Crippen molar-refractivity contribution >= 4 is 28.4 Å². The van der Waals surface area contributed by atoms with Crippen LogP contribution in [0.1, 0.15) is 17.5 Å². The fourth-order valence-electron chi connectivity index (χ4n) is 1.55. The number of aryl methyl sites for hydroxylation is 1. The maximum atomic E-state index is 13.3. The van der Waals surface area contributed by atoms with Crippen LogP contribution in [0.5, 0.6) is 0 Å². The van der Waals surface area contributed by atoms with Crippen molar-refractivity contribution in [1.29, 1.82) is 0 Å². The van der Waals surface area contributed by atoms with Crippen LogP contribution in [0.15, 0.2) is 12.3 Å². The number of hydrogen-bond acceptors (Lipinski definition) is 2. The monoisotopic (exact) mass is 324 g/mol. The molecule has 15 heavy (non-hydrogen) atoms. The van der Waals surface area contributed by atoms with Gasteiger partial charge in [-0.2, -0.15) is 8.78 Å². The first-order valence-electron chi connectivity index (χ1n) is 4.77. The van der Waals surface area contributed by atoms with Crippen molar-refractivity contribution in [2.45, 2.75) is 17.3 Å². The lowest BCUT2D eigenvalue weighted by molar-refractivity contribution is 0.127. The third-order valence-corrected chi connectivity index (χ3v) is 3.05. The molecule has 2 rings (SSSR count). The first-order valence-corrected chi connectivity index (χ1v) is 5.85. The van der Waals surface area contributed by atoms with E-state index in [-0.39, 0.29) is 5.56 Å². The Morgan fingerprint density at radius 1 is 1.47 bits per heavy atom. The second-order valence-corrected chi connectivity index (χ2v) is 5.08. The zero-order valence-corrected chi connectivity index (χ0v) is 10.5. The van der Waals surface area contributed by atoms with Gasteiger partial charge in [0.25, 0.3) is 0 Å². The zero-order chi connectivity index (χ0) is 11.1. The summed E-state index contributed by atoms with van der Waals surface area (Å²) in [6.45, 7) is 3.43. The SMILES string of the molecule is Cc1cnc(N2CCC2)c(C(F)(F)I)c1. The second-order valence-electron chi connectivity index (χ2n) is 3.72. The van der Waals surface area contributed by atoms with Gasteiger partial charge in [0, 0.05) is 41.9 Å². The van der Waals surface area contributed by atoms with E-state index in [9.17, 15) is 8.78 Å². The Labute approximate surface area is 101 Å². The molecule has 1 aromatic heterocycles. The highest BCUT2D eigenvalue weighted by atomic mass is 127. The molecule has 0 bridgehead atoms. The van der Waals surface area contributed by atoms with Gasteiger partial charge in [0.15, 0.2) is 0 Å². The number of anilines is 1. The third kappa shape index (κ3) is 2.21. The van der Waals surface area contributed by atoms with Gasteiger partial charge in [-0.1, -0.05) is 0 Å². The molecule has 82 valence electrons. The summed E-state index contributed by atoms with van der Waals surface area (Å²) < 4.78 is 23.8. The van der Waals surface area contributed by atoms with Crippen molar-refractivity contribution in [2.24, 2.45) is 0 Å². The van der Waals surface area contributed by atoms with Crippen LogP contribution in [-0.4, -0.2) is 18.1 Å². The molecule has 1 fully saturated rings. The molecule has 0 amide bonds. The summed E-state index contributed by atoms with van der Waals surface area (Å²) in [4.78, 5) is 6.00. The zero-order valence-electron chi connectivity index (χ0n) is 8.30. The first kappa shape index (κ1) is 11.0. The lowest BCUT2D eigenvalue weighted by Gasteiger charge is -2.34. The molecule has 0 N–H and O–H groups in total. The molecular formula is C10H11F2IN2. The van der Waals surface area contributed by atoms with Crippen molar-refractivity contribution in [2.75, 3.05) is 18.0 Å². The van der Waals surface area contributed by atoms with Crippen LogP contribution in [0, 0.1) is 6.92 Å². The van der Waals surface area contributed by atoms with Crippen molar-refractivity contribution in [3.8, 4) is 0 Å². The Kier molecular flexibility index (Phi) is 2.83. The molecule has 1 aromatic rings. The molecule has 5 heteroatoms. The van der Waals surface area contributed by atoms with E-state index in [1.54, 1.807) is 13.1 Å². The van der Waals surface area contributed by atoms with Crippen LogP contribution < -0.4 is 4.90 Å². The van der Waals surface area contributed by atoms with E-state index >= 15 is 0 Å². The van der Waals surface area contributed by atoms with Gasteiger partial charge in [0.2, 0.25) is 0 Å². The predicted molar refractivity (Wildman–Crippen MR) is 63.7 cm³/mol. The van der Waals surface area contributed by atoms with E-state index in [1.807, 2.05) is 4.90 Å². The van der Waals surface area contributed by atoms with E-state index < -0.39 is 3.93 Å². The van der Waals surface area contributed by atoms with Gasteiger partial charge in [0.05, 0.1) is 5.56 Å². The average molecular weight is 324 g/mol. The number of hydrogen-bond donors (Lipinski definition) is 0. The van der Waals surface area contributed by atoms with Gasteiger partial charge in [-0.05, 0) is 25.0 Å². The molecule has 0 aromatic carbocycles. The molecular weight excluding hydrogens is 313 g/mol. The Morgan fingerprint density at radius 3 is 2.60 bits per heavy atom. The number of aromatic nitrogens is 1. The van der Waals surface area contributed by atoms with Gasteiger partial charge in [0.1, 0.15) is 5.82 Å². The lowest BCUT2D eigenvalue weighted by Crippen LogP contribution is -2.39. The van der Waals surface area contributed by atoms with E-state index in [0.29, 0.717) is 5.82 Å². The third-order valence-electron chi connectivity index (χ3n) is 2.46. The summed E-state index contributed by atoms with van der Waals surface area (Å²) in [6.07, 6.45) is 2.70. The van der Waals surface area contributed by atoms with Crippen LogP contribution in [0.25, 0.3) is 0 Å². The molecule has 0 unspecified atom stereocenters. The maximum Gasteiger partial charge on any atom is 0.325 e. The summed E-state index contributed by atoms with van der Waals surface area (Å²) >= 11 is 1.16. The molecule has 1 saturated heterocycles. The minimum absolute atomic E-state index is 0.0304. The fourth-order valence-corrected chi connectivity index (χ4v) is 1.95. The normalized spacial score (nSPS) is 16.4. The van der Waals surface area contributed by atoms with Crippen molar-refractivity contribution in [1.82, 2.24) is 4.98 Å². The predicted octanol–water partition coefficient (Wildman–Crippen LogP) is 3.08. The fraction of sp³-hybridized carbons (Fsp3) is 0.500. The molecule has 1 aliphatic rings. The van der Waals surface area contributed by atoms with Crippen molar-refractivity contribution < 1.29 is 8.78 Å². The molecule has 0 atom stereocenters. The van der Waals surface area contributed by atoms with Crippen LogP contribution in [-0.2, 0) is 3.93 Å². The number of pyridine rings is 1. The minimum atomic E-state index is -2.85. The largest absolute Gasteiger partial charge is 0.356 e. The molecule has 0 saturated carbocycles. The van der Waals surface area contributed by atoms with Crippen LogP contribution in [0.3, 0.4) is 0 Å². The second kappa shape index (κ2) is 3.84. The van der Waals surface area contributed by atoms with E-state index in [4.69, 9.17) is 0 Å². The standard InChI is InChI=1S/C10H11F2IN2/c1-7-5-8(10(11,12)13)9(14-6-7)15-3-2-4-15/h5-6H,2-4H2,1H3. The molecule has 1 aliphatic heterocycles. The highest BCUT2D eigenvalue weighted by Gasteiger charge is 2.34. The number of alkyl halides is 3. The van der Waals surface area contributed by atoms with Gasteiger partial charge in [-0.3, -0.25) is 0 Å². The summed E-state index contributed by atoms with van der Waals surface area (Å²) in [6, 6.07) is 1.52. The Morgan fingerprint density at radius 2 is 2.13 bits per heavy atom. The number of rotatable bonds is 2. The van der Waals surface area contributed by atoms with Gasteiger partial charge >= 0.3 is 3.93 Å². The van der Waals surface area contributed by atoms with Crippen LogP contribution in [0.4, 0.5) is 14.6 Å². The topological polar surface area (TPSA) is 16.1 Å². The Bertz CT molecular complexity index is 372. The van der Waals surface area contributed by atoms with Crippen molar-refractivity contribution in [3.05, 3.63) is 23.4 Å². The van der Waals surface area contributed by atoms with E-state index in [1.165, 1.54) is 6.07 Å². The Hall–Kier alpha value is -0.460. The van der Waals surface area contributed by atoms with Gasteiger partial charge in [-0.15, -0.1) is 0 Å². The first-order chi connectivity index (χ1) is 6.98. The number of halogens is 3. The van der Waals surface area contributed by atoms with Crippen molar-refractivity contribution in [3.63, 3.8) is 0 Å². The smallest absolute Gasteiger partial charge is 0.325 e. The number of nitrogens with zero attached hydrogens (tertiary/aromatic N) is 2. The Balaban J connectivity index is 2.44. The lowest BCUT2D eigenvalue weighted by atomic mass is 10.1. The molecule has 2 heterocycles. The molecule has 2 nitrogen and oxygen atoms in total. The van der Waals surface area contributed by atoms with Crippen LogP contribution in [0.2, 0.25) is 0 Å². The van der Waals surface area contributed by atoms with Gasteiger partial charge < -0.3 is 4.90 Å². The molecule has 0 aliphatic carbocycles. The maximum absolute atomic E-state index is 13.3. The summed E-state index contributed by atoms with van der Waals surface area (Å²) in [5.74, 6) is 0.436. The highest BCUT2D eigenvalue weighted by molar-refractivity contribution is 14.1. The highest BCUT2D eigenvalue weighted by Crippen LogP contribution is 2.41. The van der Waals surface area contributed by atoms with E-state index in [0.717, 1.165) is 47.7 Å².